The number of rotatable bonds is 11. The number of benzene rings is 3. The van der Waals surface area contributed by atoms with E-state index in [0.717, 1.165) is 16.7 Å². The van der Waals surface area contributed by atoms with Crippen molar-refractivity contribution in [3.63, 3.8) is 0 Å². The number of amides is 1. The van der Waals surface area contributed by atoms with Crippen molar-refractivity contribution < 1.29 is 33.2 Å². The molecular weight excluding hydrogens is 474 g/mol. The number of carbonyl (C=O) groups excluding carboxylic acids is 1. The number of anilines is 1. The molecule has 3 rings (SSSR count). The van der Waals surface area contributed by atoms with Crippen LogP contribution in [0, 0.1) is 0 Å². The van der Waals surface area contributed by atoms with Crippen molar-refractivity contribution in [1.82, 2.24) is 0 Å². The van der Waals surface area contributed by atoms with Gasteiger partial charge in [-0.3, -0.25) is 4.79 Å². The molecule has 0 aliphatic rings. The van der Waals surface area contributed by atoms with Crippen LogP contribution in [-0.2, 0) is 4.79 Å². The quantitative estimate of drug-likeness (QED) is 0.270. The molecule has 0 atom stereocenters. The molecule has 0 fully saturated rings. The molecule has 8 nitrogen and oxygen atoms in total. The zero-order valence-electron chi connectivity index (χ0n) is 21.8. The van der Waals surface area contributed by atoms with Crippen LogP contribution in [0.1, 0.15) is 16.7 Å². The predicted octanol–water partition coefficient (Wildman–Crippen LogP) is 5.56. The van der Waals surface area contributed by atoms with E-state index in [-0.39, 0.29) is 5.91 Å². The lowest BCUT2D eigenvalue weighted by Gasteiger charge is -2.13. The highest BCUT2D eigenvalue weighted by Gasteiger charge is 2.12. The van der Waals surface area contributed by atoms with E-state index in [0.29, 0.717) is 40.2 Å². The van der Waals surface area contributed by atoms with E-state index in [1.165, 1.54) is 6.08 Å². The second-order valence-electron chi connectivity index (χ2n) is 7.68. The number of carbonyl (C=O) groups is 1. The fraction of sp³-hybridized carbons (Fsp3) is 0.207. The Labute approximate surface area is 217 Å². The molecule has 0 heterocycles. The van der Waals surface area contributed by atoms with Gasteiger partial charge in [-0.15, -0.1) is 0 Å². The summed E-state index contributed by atoms with van der Waals surface area (Å²) in [6.07, 6.45) is 6.92. The molecule has 0 unspecified atom stereocenters. The Morgan fingerprint density at radius 3 is 1.86 bits per heavy atom. The minimum Gasteiger partial charge on any atom is -0.497 e. The van der Waals surface area contributed by atoms with Crippen LogP contribution in [0.15, 0.2) is 54.6 Å². The number of methoxy groups -OCH3 is 6. The first-order valence-electron chi connectivity index (χ1n) is 11.3. The van der Waals surface area contributed by atoms with Gasteiger partial charge in [-0.1, -0.05) is 18.2 Å². The Hall–Kier alpha value is -4.59. The highest BCUT2D eigenvalue weighted by atomic mass is 16.5. The van der Waals surface area contributed by atoms with Gasteiger partial charge in [-0.25, -0.2) is 0 Å². The average molecular weight is 506 g/mol. The SMILES string of the molecule is COc1ccc(C=Cc2cc(OC)c(OC)c(OC)c2)c(NC(=O)/C=C/c2ccc(OC)c(OC)c2)c1. The van der Waals surface area contributed by atoms with E-state index in [4.69, 9.17) is 28.4 Å². The number of hydrogen-bond donors (Lipinski definition) is 1. The van der Waals surface area contributed by atoms with Crippen LogP contribution in [0.3, 0.4) is 0 Å². The Balaban J connectivity index is 1.85. The van der Waals surface area contributed by atoms with E-state index in [1.807, 2.05) is 42.5 Å². The molecule has 1 amide bonds. The Bertz CT molecular complexity index is 1270. The maximum Gasteiger partial charge on any atom is 0.248 e. The van der Waals surface area contributed by atoms with Crippen LogP contribution < -0.4 is 33.7 Å². The lowest BCUT2D eigenvalue weighted by Crippen LogP contribution is -2.09. The number of hydrogen-bond acceptors (Lipinski definition) is 7. The minimum atomic E-state index is -0.300. The van der Waals surface area contributed by atoms with Crippen molar-refractivity contribution in [3.8, 4) is 34.5 Å². The molecule has 0 saturated heterocycles. The topological polar surface area (TPSA) is 84.5 Å². The summed E-state index contributed by atoms with van der Waals surface area (Å²) in [5, 5.41) is 2.92. The smallest absolute Gasteiger partial charge is 0.248 e. The summed E-state index contributed by atoms with van der Waals surface area (Å²) < 4.78 is 32.2. The predicted molar refractivity (Wildman–Crippen MR) is 145 cm³/mol. The molecule has 8 heteroatoms. The molecule has 0 aliphatic heterocycles. The van der Waals surface area contributed by atoms with Crippen molar-refractivity contribution in [1.29, 1.82) is 0 Å². The fourth-order valence-electron chi connectivity index (χ4n) is 3.60. The summed E-state index contributed by atoms with van der Waals surface area (Å²) in [7, 11) is 9.40. The van der Waals surface area contributed by atoms with Crippen LogP contribution >= 0.6 is 0 Å². The second-order valence-corrected chi connectivity index (χ2v) is 7.68. The van der Waals surface area contributed by atoms with Crippen molar-refractivity contribution in [2.45, 2.75) is 0 Å². The van der Waals surface area contributed by atoms with Gasteiger partial charge in [0.1, 0.15) is 5.75 Å². The lowest BCUT2D eigenvalue weighted by atomic mass is 10.1. The maximum atomic E-state index is 12.8. The van der Waals surface area contributed by atoms with Crippen LogP contribution in [0.25, 0.3) is 18.2 Å². The largest absolute Gasteiger partial charge is 0.497 e. The summed E-state index contributed by atoms with van der Waals surface area (Å²) in [6.45, 7) is 0. The Morgan fingerprint density at radius 1 is 0.622 bits per heavy atom. The standard InChI is InChI=1S/C29H31NO7/c1-32-22-12-11-21(10-7-20-16-26(35-4)29(37-6)27(17-20)36-5)23(18-22)30-28(31)14-9-19-8-13-24(33-2)25(15-19)34-3/h7-18H,1-6H3,(H,30,31)/b10-7?,14-9+. The third kappa shape index (κ3) is 6.76. The van der Waals surface area contributed by atoms with E-state index in [9.17, 15) is 4.79 Å². The molecule has 0 aliphatic carbocycles. The zero-order chi connectivity index (χ0) is 26.8. The molecule has 0 radical (unpaired) electrons. The summed E-state index contributed by atoms with van der Waals surface area (Å²) in [6, 6.07) is 14.5. The summed E-state index contributed by atoms with van der Waals surface area (Å²) in [4.78, 5) is 12.8. The van der Waals surface area contributed by atoms with Gasteiger partial charge in [0.25, 0.3) is 0 Å². The van der Waals surface area contributed by atoms with Crippen molar-refractivity contribution >= 4 is 29.8 Å². The Morgan fingerprint density at radius 2 is 1.27 bits per heavy atom. The van der Waals surface area contributed by atoms with Gasteiger partial charge in [0, 0.05) is 12.1 Å². The van der Waals surface area contributed by atoms with Gasteiger partial charge >= 0.3 is 0 Å². The summed E-state index contributed by atoms with van der Waals surface area (Å²) in [5.41, 5.74) is 2.99. The molecule has 0 saturated carbocycles. The van der Waals surface area contributed by atoms with E-state index < -0.39 is 0 Å². The van der Waals surface area contributed by atoms with Gasteiger partial charge in [0.15, 0.2) is 23.0 Å². The number of nitrogens with one attached hydrogen (secondary N) is 1. The van der Waals surface area contributed by atoms with Crippen molar-refractivity contribution in [3.05, 3.63) is 71.3 Å². The van der Waals surface area contributed by atoms with Gasteiger partial charge < -0.3 is 33.7 Å². The third-order valence-electron chi connectivity index (χ3n) is 5.50. The van der Waals surface area contributed by atoms with E-state index in [2.05, 4.69) is 5.32 Å². The Kier molecular flexibility index (Phi) is 9.43. The average Bonchev–Trinajstić information content (AvgIpc) is 2.94. The van der Waals surface area contributed by atoms with E-state index in [1.54, 1.807) is 66.9 Å². The van der Waals surface area contributed by atoms with Gasteiger partial charge in [-0.2, -0.15) is 0 Å². The molecule has 0 aromatic heterocycles. The zero-order valence-corrected chi connectivity index (χ0v) is 21.8. The van der Waals surface area contributed by atoms with Crippen molar-refractivity contribution in [2.75, 3.05) is 48.0 Å². The second kappa shape index (κ2) is 12.9. The molecule has 0 spiro atoms. The highest BCUT2D eigenvalue weighted by molar-refractivity contribution is 6.03. The molecule has 1 N–H and O–H groups in total. The van der Waals surface area contributed by atoms with Crippen LogP contribution in [0.2, 0.25) is 0 Å². The van der Waals surface area contributed by atoms with Gasteiger partial charge in [-0.05, 0) is 59.2 Å². The summed E-state index contributed by atoms with van der Waals surface area (Å²) >= 11 is 0. The van der Waals surface area contributed by atoms with Gasteiger partial charge in [0.05, 0.1) is 48.3 Å². The van der Waals surface area contributed by atoms with Crippen LogP contribution in [0.4, 0.5) is 5.69 Å². The molecule has 3 aromatic carbocycles. The molecule has 0 bridgehead atoms. The van der Waals surface area contributed by atoms with E-state index >= 15 is 0 Å². The molecule has 37 heavy (non-hydrogen) atoms. The van der Waals surface area contributed by atoms with Crippen molar-refractivity contribution in [2.24, 2.45) is 0 Å². The third-order valence-corrected chi connectivity index (χ3v) is 5.50. The fourth-order valence-corrected chi connectivity index (χ4v) is 3.60. The van der Waals surface area contributed by atoms with Crippen LogP contribution in [0.5, 0.6) is 34.5 Å². The first-order chi connectivity index (χ1) is 18.0. The lowest BCUT2D eigenvalue weighted by molar-refractivity contribution is -0.111. The van der Waals surface area contributed by atoms with Gasteiger partial charge in [0.2, 0.25) is 11.7 Å². The maximum absolute atomic E-state index is 12.8. The monoisotopic (exact) mass is 505 g/mol. The number of ether oxygens (including phenoxy) is 6. The molecule has 3 aromatic rings. The normalized spacial score (nSPS) is 10.9. The van der Waals surface area contributed by atoms with Crippen LogP contribution in [-0.4, -0.2) is 48.6 Å². The first-order valence-corrected chi connectivity index (χ1v) is 11.3. The summed E-state index contributed by atoms with van der Waals surface area (Å²) in [5.74, 6) is 3.12. The highest BCUT2D eigenvalue weighted by Crippen LogP contribution is 2.39. The molecule has 194 valence electrons. The minimum absolute atomic E-state index is 0.300. The first kappa shape index (κ1) is 27.0. The molecular formula is C29H31NO7.